The molecule has 0 saturated carbocycles. The summed E-state index contributed by atoms with van der Waals surface area (Å²) in [4.78, 5) is 23.9. The van der Waals surface area contributed by atoms with Crippen LogP contribution in [0.4, 0.5) is 9.39 Å². The first-order valence-corrected chi connectivity index (χ1v) is 10.5. The van der Waals surface area contributed by atoms with Crippen LogP contribution in [0.25, 0.3) is 0 Å². The van der Waals surface area contributed by atoms with Gasteiger partial charge in [0.15, 0.2) is 0 Å². The summed E-state index contributed by atoms with van der Waals surface area (Å²) in [5, 5.41) is 4.66. The second kappa shape index (κ2) is 7.75. The maximum absolute atomic E-state index is 13.1. The van der Waals surface area contributed by atoms with Gasteiger partial charge in [0.1, 0.15) is 10.8 Å². The largest absolute Gasteiger partial charge is 0.366 e. The third-order valence-electron chi connectivity index (χ3n) is 4.37. The first-order chi connectivity index (χ1) is 12.8. The molecule has 1 fully saturated rings. The van der Waals surface area contributed by atoms with E-state index in [9.17, 15) is 22.4 Å². The van der Waals surface area contributed by atoms with E-state index in [2.05, 4.69) is 5.32 Å². The summed E-state index contributed by atoms with van der Waals surface area (Å²) >= 11 is 1.17. The van der Waals surface area contributed by atoms with Crippen LogP contribution in [0.1, 0.15) is 23.2 Å². The Labute approximate surface area is 160 Å². The fourth-order valence-corrected chi connectivity index (χ4v) is 5.26. The average molecular weight is 411 g/mol. The lowest BCUT2D eigenvalue weighted by molar-refractivity contribution is -0.120. The lowest BCUT2D eigenvalue weighted by Gasteiger charge is -2.31. The molecule has 1 aliphatic rings. The van der Waals surface area contributed by atoms with Crippen molar-refractivity contribution in [3.63, 3.8) is 0 Å². The van der Waals surface area contributed by atoms with Crippen molar-refractivity contribution in [1.29, 1.82) is 0 Å². The van der Waals surface area contributed by atoms with Crippen LogP contribution in [-0.4, -0.2) is 37.6 Å². The van der Waals surface area contributed by atoms with Crippen molar-refractivity contribution in [2.45, 2.75) is 17.7 Å². The van der Waals surface area contributed by atoms with E-state index in [0.29, 0.717) is 17.8 Å². The van der Waals surface area contributed by atoms with Crippen molar-refractivity contribution in [2.24, 2.45) is 11.7 Å². The third-order valence-corrected chi connectivity index (χ3v) is 7.08. The van der Waals surface area contributed by atoms with E-state index >= 15 is 0 Å². The number of rotatable bonds is 5. The molecule has 0 bridgehead atoms. The standard InChI is InChI=1S/C17H18FN3O4S2/c18-12-3-5-13(6-4-12)27(24,25)21-8-1-2-11(10-21)16(23)20-17-14(15(19)22)7-9-26-17/h3-7,9,11H,1-2,8,10H2,(H2,19,22)(H,20,23). The number of anilines is 1. The van der Waals surface area contributed by atoms with E-state index in [1.165, 1.54) is 33.8 Å². The Bertz CT molecular complexity index is 957. The van der Waals surface area contributed by atoms with Crippen LogP contribution in [-0.2, 0) is 14.8 Å². The number of carbonyl (C=O) groups excluding carboxylic acids is 2. The second-order valence-electron chi connectivity index (χ2n) is 6.17. The summed E-state index contributed by atoms with van der Waals surface area (Å²) in [6.07, 6.45) is 1.05. The molecule has 1 saturated heterocycles. The lowest BCUT2D eigenvalue weighted by Crippen LogP contribution is -2.43. The summed E-state index contributed by atoms with van der Waals surface area (Å²) in [7, 11) is -3.81. The van der Waals surface area contributed by atoms with Gasteiger partial charge in [0, 0.05) is 13.1 Å². The van der Waals surface area contributed by atoms with Crippen molar-refractivity contribution < 1.29 is 22.4 Å². The smallest absolute Gasteiger partial charge is 0.251 e. The number of thiophene rings is 1. The second-order valence-corrected chi connectivity index (χ2v) is 9.03. The normalized spacial score (nSPS) is 18.2. The van der Waals surface area contributed by atoms with E-state index in [1.807, 2.05) is 0 Å². The van der Waals surface area contributed by atoms with Crippen LogP contribution >= 0.6 is 11.3 Å². The molecule has 27 heavy (non-hydrogen) atoms. The van der Waals surface area contributed by atoms with Crippen molar-refractivity contribution >= 4 is 38.2 Å². The summed E-state index contributed by atoms with van der Waals surface area (Å²) in [6.45, 7) is 0.303. The summed E-state index contributed by atoms with van der Waals surface area (Å²) in [5.74, 6) is -2.09. The number of nitrogens with one attached hydrogen (secondary N) is 1. The maximum atomic E-state index is 13.1. The molecule has 2 aromatic rings. The molecule has 0 spiro atoms. The van der Waals surface area contributed by atoms with Gasteiger partial charge >= 0.3 is 0 Å². The van der Waals surface area contributed by atoms with E-state index < -0.39 is 27.7 Å². The highest BCUT2D eigenvalue weighted by Crippen LogP contribution is 2.27. The number of hydrogen-bond acceptors (Lipinski definition) is 5. The van der Waals surface area contributed by atoms with Crippen LogP contribution in [0.3, 0.4) is 0 Å². The molecule has 1 atom stereocenters. The van der Waals surface area contributed by atoms with Crippen LogP contribution in [0.2, 0.25) is 0 Å². The molecule has 1 aliphatic heterocycles. The molecule has 0 radical (unpaired) electrons. The van der Waals surface area contributed by atoms with Gasteiger partial charge in [-0.2, -0.15) is 4.31 Å². The summed E-state index contributed by atoms with van der Waals surface area (Å²) < 4.78 is 39.8. The minimum Gasteiger partial charge on any atom is -0.366 e. The van der Waals surface area contributed by atoms with Gasteiger partial charge in [-0.15, -0.1) is 11.3 Å². The van der Waals surface area contributed by atoms with Gasteiger partial charge in [0.05, 0.1) is 16.4 Å². The zero-order valence-corrected chi connectivity index (χ0v) is 15.9. The Morgan fingerprint density at radius 2 is 1.93 bits per heavy atom. The quantitative estimate of drug-likeness (QED) is 0.784. The predicted molar refractivity (Wildman–Crippen MR) is 99.3 cm³/mol. The molecule has 1 aromatic carbocycles. The number of benzene rings is 1. The monoisotopic (exact) mass is 411 g/mol. The van der Waals surface area contributed by atoms with Crippen molar-refractivity contribution in [2.75, 3.05) is 18.4 Å². The number of amides is 2. The van der Waals surface area contributed by atoms with Crippen LogP contribution in [0.15, 0.2) is 40.6 Å². The van der Waals surface area contributed by atoms with E-state index in [1.54, 1.807) is 5.38 Å². The number of primary amides is 1. The number of carbonyl (C=O) groups is 2. The molecule has 0 aliphatic carbocycles. The van der Waals surface area contributed by atoms with Gasteiger partial charge in [0.25, 0.3) is 5.91 Å². The zero-order chi connectivity index (χ0) is 19.6. The molecule has 3 N–H and O–H groups in total. The Morgan fingerprint density at radius 1 is 1.22 bits per heavy atom. The first kappa shape index (κ1) is 19.5. The van der Waals surface area contributed by atoms with Crippen LogP contribution < -0.4 is 11.1 Å². The molecule has 10 heteroatoms. The SMILES string of the molecule is NC(=O)c1ccsc1NC(=O)C1CCCN(S(=O)(=O)c2ccc(F)cc2)C1. The highest BCUT2D eigenvalue weighted by molar-refractivity contribution is 7.89. The fourth-order valence-electron chi connectivity index (χ4n) is 2.94. The predicted octanol–water partition coefficient (Wildman–Crippen LogP) is 2.03. The minimum atomic E-state index is -3.81. The van der Waals surface area contributed by atoms with Gasteiger partial charge in [-0.3, -0.25) is 9.59 Å². The van der Waals surface area contributed by atoms with Gasteiger partial charge in [-0.1, -0.05) is 0 Å². The highest BCUT2D eigenvalue weighted by Gasteiger charge is 2.33. The highest BCUT2D eigenvalue weighted by atomic mass is 32.2. The zero-order valence-electron chi connectivity index (χ0n) is 14.2. The minimum absolute atomic E-state index is 0.0146. The molecule has 7 nitrogen and oxygen atoms in total. The van der Waals surface area contributed by atoms with E-state index in [-0.39, 0.29) is 29.5 Å². The Kier molecular flexibility index (Phi) is 5.59. The molecule has 2 amide bonds. The number of sulfonamides is 1. The van der Waals surface area contributed by atoms with Gasteiger partial charge in [0.2, 0.25) is 15.9 Å². The lowest BCUT2D eigenvalue weighted by atomic mass is 9.99. The molecule has 3 rings (SSSR count). The Balaban J connectivity index is 1.73. The van der Waals surface area contributed by atoms with Crippen LogP contribution in [0.5, 0.6) is 0 Å². The molecule has 144 valence electrons. The van der Waals surface area contributed by atoms with Gasteiger partial charge in [-0.25, -0.2) is 12.8 Å². The van der Waals surface area contributed by atoms with Crippen LogP contribution in [0, 0.1) is 11.7 Å². The average Bonchev–Trinajstić information content (AvgIpc) is 3.10. The maximum Gasteiger partial charge on any atom is 0.251 e. The Hall–Kier alpha value is -2.30. The van der Waals surface area contributed by atoms with Gasteiger partial charge < -0.3 is 11.1 Å². The number of piperidine rings is 1. The Morgan fingerprint density at radius 3 is 2.59 bits per heavy atom. The molecule has 2 heterocycles. The summed E-state index contributed by atoms with van der Waals surface area (Å²) in [5.41, 5.74) is 5.49. The molecular weight excluding hydrogens is 393 g/mol. The number of halogens is 1. The molecular formula is C17H18FN3O4S2. The fraction of sp³-hybridized carbons (Fsp3) is 0.294. The number of nitrogens with zero attached hydrogens (tertiary/aromatic N) is 1. The molecule has 1 aromatic heterocycles. The number of hydrogen-bond donors (Lipinski definition) is 2. The van der Waals surface area contributed by atoms with E-state index in [4.69, 9.17) is 5.73 Å². The van der Waals surface area contributed by atoms with Gasteiger partial charge in [-0.05, 0) is 48.6 Å². The first-order valence-electron chi connectivity index (χ1n) is 8.23. The molecule has 1 unspecified atom stereocenters. The van der Waals surface area contributed by atoms with E-state index in [0.717, 1.165) is 12.1 Å². The van der Waals surface area contributed by atoms with Crippen molar-refractivity contribution in [1.82, 2.24) is 4.31 Å². The third kappa shape index (κ3) is 4.18. The van der Waals surface area contributed by atoms with Crippen molar-refractivity contribution in [3.05, 3.63) is 47.1 Å². The summed E-state index contributed by atoms with van der Waals surface area (Å²) in [6, 6.07) is 6.11. The number of nitrogens with two attached hydrogens (primary N) is 1. The topological polar surface area (TPSA) is 110 Å². The van der Waals surface area contributed by atoms with Crippen molar-refractivity contribution in [3.8, 4) is 0 Å².